The molecule has 0 N–H and O–H groups in total. The van der Waals surface area contributed by atoms with Crippen molar-refractivity contribution in [1.82, 2.24) is 0 Å². The fraction of sp³-hybridized carbons (Fsp3) is 0.750. The van der Waals surface area contributed by atoms with Gasteiger partial charge >= 0.3 is 36.0 Å². The number of halogens is 14. The van der Waals surface area contributed by atoms with Gasteiger partial charge in [-0.3, -0.25) is 0 Å². The van der Waals surface area contributed by atoms with Gasteiger partial charge in [0.2, 0.25) is 0 Å². The van der Waals surface area contributed by atoms with Crippen LogP contribution in [0.5, 0.6) is 0 Å². The maximum absolute atomic E-state index is 12.5. The van der Waals surface area contributed by atoms with Gasteiger partial charge in [0.1, 0.15) is 0 Å². The highest BCUT2D eigenvalue weighted by atomic mass is 19.4. The zero-order valence-corrected chi connectivity index (χ0v) is 9.45. The van der Waals surface area contributed by atoms with E-state index >= 15 is 0 Å². The van der Waals surface area contributed by atoms with Crippen LogP contribution in [0.1, 0.15) is 0 Å². The van der Waals surface area contributed by atoms with Crippen molar-refractivity contribution in [2.75, 3.05) is 0 Å². The molecule has 0 aromatic rings. The molecule has 0 bridgehead atoms. The Morgan fingerprint density at radius 2 is 0.545 bits per heavy atom. The van der Waals surface area contributed by atoms with Crippen LogP contribution in [0.4, 0.5) is 61.5 Å². The molecule has 0 saturated carbocycles. The van der Waals surface area contributed by atoms with Crippen LogP contribution >= 0.6 is 0 Å². The zero-order valence-electron chi connectivity index (χ0n) is 9.45. The second-order valence-electron chi connectivity index (χ2n) is 3.72. The Balaban J connectivity index is 5.69. The van der Waals surface area contributed by atoms with Crippen LogP contribution in [0.2, 0.25) is 0 Å². The zero-order chi connectivity index (χ0) is 18.4. The van der Waals surface area contributed by atoms with Gasteiger partial charge in [-0.2, -0.15) is 61.5 Å². The van der Waals surface area contributed by atoms with E-state index in [1.165, 1.54) is 0 Å². The van der Waals surface area contributed by atoms with Crippen molar-refractivity contribution in [3.05, 3.63) is 12.2 Å². The van der Waals surface area contributed by atoms with E-state index < -0.39 is 48.2 Å². The van der Waals surface area contributed by atoms with Crippen molar-refractivity contribution in [2.24, 2.45) is 0 Å². The molecule has 0 amide bonds. The lowest BCUT2D eigenvalue weighted by Gasteiger charge is -2.28. The normalized spacial score (nSPS) is 16.5. The van der Waals surface area contributed by atoms with E-state index in [9.17, 15) is 61.5 Å². The van der Waals surface area contributed by atoms with E-state index in [0.717, 1.165) is 0 Å². The van der Waals surface area contributed by atoms with Gasteiger partial charge in [-0.1, -0.05) is 0 Å². The van der Waals surface area contributed by atoms with Crippen molar-refractivity contribution >= 4 is 0 Å². The topological polar surface area (TPSA) is 0 Å². The van der Waals surface area contributed by atoms with E-state index in [1.807, 2.05) is 0 Å². The third kappa shape index (κ3) is 3.39. The molecular formula is C8H2F14. The highest BCUT2D eigenvalue weighted by molar-refractivity contribution is 5.13. The Kier molecular flexibility index (Phi) is 4.86. The van der Waals surface area contributed by atoms with E-state index in [1.54, 1.807) is 0 Å². The lowest BCUT2D eigenvalue weighted by atomic mass is 10.1. The second-order valence-corrected chi connectivity index (χ2v) is 3.72. The van der Waals surface area contributed by atoms with E-state index in [4.69, 9.17) is 0 Å². The van der Waals surface area contributed by atoms with Gasteiger partial charge in [0.05, 0.1) is 0 Å². The summed E-state index contributed by atoms with van der Waals surface area (Å²) in [5, 5.41) is 0. The Hall–Kier alpha value is -1.24. The molecule has 0 aromatic heterocycles. The van der Waals surface area contributed by atoms with Crippen LogP contribution in [0.3, 0.4) is 0 Å². The van der Waals surface area contributed by atoms with Gasteiger partial charge < -0.3 is 0 Å². The van der Waals surface area contributed by atoms with E-state index in [2.05, 4.69) is 0 Å². The minimum atomic E-state index is -6.97. The monoisotopic (exact) mass is 364 g/mol. The van der Waals surface area contributed by atoms with Crippen LogP contribution in [-0.2, 0) is 0 Å². The summed E-state index contributed by atoms with van der Waals surface area (Å²) >= 11 is 0. The maximum Gasteiger partial charge on any atom is 0.460 e. The number of rotatable bonds is 4. The minimum absolute atomic E-state index is 2.06. The summed E-state index contributed by atoms with van der Waals surface area (Å²) in [5.41, 5.74) is 0. The Morgan fingerprint density at radius 3 is 0.682 bits per heavy atom. The molecule has 14 heteroatoms. The maximum atomic E-state index is 12.5. The summed E-state index contributed by atoms with van der Waals surface area (Å²) in [6.45, 7) is 0. The molecular weight excluding hydrogens is 362 g/mol. The summed E-state index contributed by atoms with van der Waals surface area (Å²) in [7, 11) is 0. The quantitative estimate of drug-likeness (QED) is 0.475. The molecule has 0 radical (unpaired) electrons. The molecule has 132 valence electrons. The van der Waals surface area contributed by atoms with Crippen molar-refractivity contribution in [3.63, 3.8) is 0 Å². The Labute approximate surface area is 111 Å². The average molecular weight is 364 g/mol. The molecule has 22 heavy (non-hydrogen) atoms. The first-order chi connectivity index (χ1) is 9.21. The van der Waals surface area contributed by atoms with Crippen LogP contribution in [0, 0.1) is 0 Å². The second kappa shape index (κ2) is 5.15. The summed E-state index contributed by atoms with van der Waals surface area (Å²) in [5.74, 6) is -26.9. The first-order valence-corrected chi connectivity index (χ1v) is 4.56. The highest BCUT2D eigenvalue weighted by Crippen LogP contribution is 2.50. The predicted octanol–water partition coefficient (Wildman–Crippen LogP) is 5.21. The smallest absolute Gasteiger partial charge is 0.195 e. The lowest BCUT2D eigenvalue weighted by Crippen LogP contribution is -2.53. The van der Waals surface area contributed by atoms with Gasteiger partial charge in [0, 0.05) is 0 Å². The summed E-state index contributed by atoms with van der Waals surface area (Å²) in [6, 6.07) is 0. The lowest BCUT2D eigenvalue weighted by molar-refractivity contribution is -0.346. The fourth-order valence-electron chi connectivity index (χ4n) is 0.797. The van der Waals surface area contributed by atoms with Gasteiger partial charge in [-0.25, -0.2) is 0 Å². The molecule has 0 heterocycles. The standard InChI is InChI=1S/C8H2F14/c9-3(10,5(13,14)7(17,18)19)1-2-4(11,12)6(15,16)8(20,21)22/h1-2H. The number of hydrogen-bond acceptors (Lipinski definition) is 0. The summed E-state index contributed by atoms with van der Waals surface area (Å²) < 4.78 is 168. The fourth-order valence-corrected chi connectivity index (χ4v) is 0.797. The molecule has 0 rings (SSSR count). The molecule has 0 spiro atoms. The van der Waals surface area contributed by atoms with Crippen LogP contribution in [-0.4, -0.2) is 36.0 Å². The van der Waals surface area contributed by atoms with Crippen LogP contribution in [0.15, 0.2) is 12.2 Å². The molecule has 0 aliphatic carbocycles. The molecule has 0 aliphatic heterocycles. The van der Waals surface area contributed by atoms with Crippen molar-refractivity contribution in [3.8, 4) is 0 Å². The highest BCUT2D eigenvalue weighted by Gasteiger charge is 2.74. The Bertz CT molecular complexity index is 381. The molecule has 0 unspecified atom stereocenters. The van der Waals surface area contributed by atoms with Gasteiger partial charge in [0.25, 0.3) is 0 Å². The predicted molar refractivity (Wildman–Crippen MR) is 41.0 cm³/mol. The molecule has 0 atom stereocenters. The first kappa shape index (κ1) is 20.8. The summed E-state index contributed by atoms with van der Waals surface area (Å²) in [4.78, 5) is 0. The van der Waals surface area contributed by atoms with Gasteiger partial charge in [-0.05, 0) is 12.2 Å². The molecule has 0 nitrogen and oxygen atoms in total. The van der Waals surface area contributed by atoms with Crippen LogP contribution in [0.25, 0.3) is 0 Å². The van der Waals surface area contributed by atoms with Crippen molar-refractivity contribution in [1.29, 1.82) is 0 Å². The molecule has 0 aromatic carbocycles. The van der Waals surface area contributed by atoms with E-state index in [0.29, 0.717) is 0 Å². The third-order valence-electron chi connectivity index (χ3n) is 2.05. The molecule has 0 fully saturated rings. The van der Waals surface area contributed by atoms with Crippen molar-refractivity contribution < 1.29 is 61.5 Å². The molecule has 0 saturated heterocycles. The van der Waals surface area contributed by atoms with Crippen molar-refractivity contribution in [2.45, 2.75) is 36.0 Å². The number of allylic oxidation sites excluding steroid dienone is 2. The number of hydrogen-bond donors (Lipinski definition) is 0. The first-order valence-electron chi connectivity index (χ1n) is 4.56. The van der Waals surface area contributed by atoms with Gasteiger partial charge in [0.15, 0.2) is 0 Å². The average Bonchev–Trinajstić information content (AvgIpc) is 2.23. The Morgan fingerprint density at radius 1 is 0.364 bits per heavy atom. The van der Waals surface area contributed by atoms with Gasteiger partial charge in [-0.15, -0.1) is 0 Å². The number of alkyl halides is 14. The van der Waals surface area contributed by atoms with E-state index in [-0.39, 0.29) is 0 Å². The third-order valence-corrected chi connectivity index (χ3v) is 2.05. The SMILES string of the molecule is FC(F)(F)C(F)(F)C(F)(F)C=CC(F)(F)C(F)(F)C(F)(F)F. The molecule has 0 aliphatic rings. The van der Waals surface area contributed by atoms with Crippen LogP contribution < -0.4 is 0 Å². The largest absolute Gasteiger partial charge is 0.460 e. The summed E-state index contributed by atoms with van der Waals surface area (Å²) in [6.07, 6.45) is -18.0. The minimum Gasteiger partial charge on any atom is -0.195 e.